The molecule has 0 fully saturated rings. The van der Waals surface area contributed by atoms with Crippen LogP contribution in [0, 0.1) is 11.7 Å². The molecule has 158 valence electrons. The lowest BCUT2D eigenvalue weighted by Crippen LogP contribution is -2.24. The SMILES string of the molecule is CCn1c(O)c(/N=N/c2c(C)n(C)n(-c3cccc(Cl)c3)c2=O)c(=O)n(CC)c1=S. The maximum Gasteiger partial charge on any atom is 0.299 e. The van der Waals surface area contributed by atoms with Crippen molar-refractivity contribution in [3.63, 3.8) is 0 Å². The zero-order valence-electron chi connectivity index (χ0n) is 17.0. The lowest BCUT2D eigenvalue weighted by atomic mass is 10.3. The minimum absolute atomic E-state index is 0.0461. The molecule has 0 aliphatic carbocycles. The molecule has 2 aromatic heterocycles. The quantitative estimate of drug-likeness (QED) is 0.471. The van der Waals surface area contributed by atoms with Crippen LogP contribution in [0.4, 0.5) is 11.4 Å². The Kier molecular flexibility index (Phi) is 6.09. The number of hydrogen-bond acceptors (Lipinski definition) is 6. The highest BCUT2D eigenvalue weighted by Gasteiger charge is 2.19. The molecule has 9 nitrogen and oxygen atoms in total. The van der Waals surface area contributed by atoms with E-state index in [4.69, 9.17) is 23.8 Å². The maximum absolute atomic E-state index is 13.0. The van der Waals surface area contributed by atoms with Crippen molar-refractivity contribution < 1.29 is 5.11 Å². The number of aromatic hydroxyl groups is 1. The summed E-state index contributed by atoms with van der Waals surface area (Å²) < 4.78 is 5.91. The van der Waals surface area contributed by atoms with E-state index in [0.29, 0.717) is 29.5 Å². The van der Waals surface area contributed by atoms with Gasteiger partial charge in [0, 0.05) is 25.2 Å². The highest BCUT2D eigenvalue weighted by Crippen LogP contribution is 2.26. The van der Waals surface area contributed by atoms with Gasteiger partial charge in [0.25, 0.3) is 11.1 Å². The summed E-state index contributed by atoms with van der Waals surface area (Å²) in [5, 5.41) is 18.9. The molecule has 11 heteroatoms. The molecule has 3 rings (SSSR count). The second-order valence-electron chi connectivity index (χ2n) is 6.50. The van der Waals surface area contributed by atoms with Gasteiger partial charge in [-0.2, -0.15) is 0 Å². The molecule has 0 unspecified atom stereocenters. The van der Waals surface area contributed by atoms with E-state index >= 15 is 0 Å². The molecule has 0 saturated heterocycles. The number of azo groups is 1. The molecule has 0 atom stereocenters. The van der Waals surface area contributed by atoms with E-state index in [1.165, 1.54) is 13.8 Å². The number of nitrogens with zero attached hydrogens (tertiary/aromatic N) is 6. The monoisotopic (exact) mass is 448 g/mol. The normalized spacial score (nSPS) is 11.5. The largest absolute Gasteiger partial charge is 0.493 e. The Balaban J connectivity index is 2.20. The van der Waals surface area contributed by atoms with Gasteiger partial charge < -0.3 is 5.11 Å². The van der Waals surface area contributed by atoms with Crippen molar-refractivity contribution >= 4 is 35.2 Å². The smallest absolute Gasteiger partial charge is 0.299 e. The van der Waals surface area contributed by atoms with Crippen LogP contribution in [-0.4, -0.2) is 23.6 Å². The maximum atomic E-state index is 13.0. The molecule has 0 radical (unpaired) electrons. The van der Waals surface area contributed by atoms with E-state index in [1.54, 1.807) is 56.8 Å². The fraction of sp³-hybridized carbons (Fsp3) is 0.316. The zero-order valence-corrected chi connectivity index (χ0v) is 18.5. The van der Waals surface area contributed by atoms with Crippen LogP contribution < -0.4 is 11.1 Å². The van der Waals surface area contributed by atoms with Gasteiger partial charge in [-0.15, -0.1) is 10.2 Å². The first-order valence-corrected chi connectivity index (χ1v) is 10.0. The third-order valence-electron chi connectivity index (χ3n) is 4.84. The molecule has 0 saturated carbocycles. The summed E-state index contributed by atoms with van der Waals surface area (Å²) in [5.41, 5.74) is -0.136. The first-order chi connectivity index (χ1) is 14.2. The van der Waals surface area contributed by atoms with Crippen LogP contribution in [0.15, 0.2) is 44.1 Å². The van der Waals surface area contributed by atoms with E-state index in [1.807, 2.05) is 0 Å². The predicted octanol–water partition coefficient (Wildman–Crippen LogP) is 3.99. The first-order valence-electron chi connectivity index (χ1n) is 9.25. The molecule has 2 heterocycles. The molecular formula is C19H21ClN6O3S. The van der Waals surface area contributed by atoms with Crippen molar-refractivity contribution in [1.29, 1.82) is 0 Å². The summed E-state index contributed by atoms with van der Waals surface area (Å²) in [6.07, 6.45) is 0. The Hall–Kier alpha value is -2.98. The Bertz CT molecular complexity index is 1330. The summed E-state index contributed by atoms with van der Waals surface area (Å²) in [7, 11) is 1.70. The average molecular weight is 449 g/mol. The first kappa shape index (κ1) is 21.7. The topological polar surface area (TPSA) is 98.8 Å². The van der Waals surface area contributed by atoms with E-state index in [2.05, 4.69) is 10.2 Å². The van der Waals surface area contributed by atoms with Crippen LogP contribution in [0.1, 0.15) is 19.5 Å². The van der Waals surface area contributed by atoms with Crippen LogP contribution in [0.3, 0.4) is 0 Å². The zero-order chi connectivity index (χ0) is 22.2. The molecule has 1 aromatic carbocycles. The van der Waals surface area contributed by atoms with Crippen molar-refractivity contribution in [2.45, 2.75) is 33.9 Å². The van der Waals surface area contributed by atoms with Gasteiger partial charge in [-0.25, -0.2) is 4.68 Å². The lowest BCUT2D eigenvalue weighted by Gasteiger charge is -2.12. The summed E-state index contributed by atoms with van der Waals surface area (Å²) >= 11 is 11.3. The van der Waals surface area contributed by atoms with Gasteiger partial charge in [-0.1, -0.05) is 17.7 Å². The Morgan fingerprint density at radius 2 is 1.70 bits per heavy atom. The van der Waals surface area contributed by atoms with Crippen LogP contribution in [0.5, 0.6) is 5.88 Å². The Morgan fingerprint density at radius 1 is 1.07 bits per heavy atom. The third kappa shape index (κ3) is 3.52. The van der Waals surface area contributed by atoms with Gasteiger partial charge in [0.05, 0.1) is 11.4 Å². The van der Waals surface area contributed by atoms with E-state index in [9.17, 15) is 14.7 Å². The minimum Gasteiger partial charge on any atom is -0.493 e. The van der Waals surface area contributed by atoms with Crippen molar-refractivity contribution in [1.82, 2.24) is 18.5 Å². The summed E-state index contributed by atoms with van der Waals surface area (Å²) in [4.78, 5) is 25.7. The molecule has 0 spiro atoms. The standard InChI is InChI=1S/C19H21ClN6O3S/c1-5-24-16(27)15(17(28)25(6-2)19(24)30)22-21-14-11(3)23(4)26(18(14)29)13-9-7-8-12(20)10-13/h7-10,27H,5-6H2,1-4H3/b22-21+. The van der Waals surface area contributed by atoms with E-state index in [-0.39, 0.29) is 22.0 Å². The summed E-state index contributed by atoms with van der Waals surface area (Å²) in [6.45, 7) is 5.91. The van der Waals surface area contributed by atoms with Crippen molar-refractivity contribution in [2.24, 2.45) is 17.3 Å². The van der Waals surface area contributed by atoms with Gasteiger partial charge in [-0.3, -0.25) is 23.4 Å². The van der Waals surface area contributed by atoms with Crippen molar-refractivity contribution in [2.75, 3.05) is 0 Å². The molecule has 1 N–H and O–H groups in total. The van der Waals surface area contributed by atoms with E-state index < -0.39 is 11.1 Å². The highest BCUT2D eigenvalue weighted by atomic mass is 35.5. The number of halogens is 1. The van der Waals surface area contributed by atoms with Gasteiger partial charge in [-0.05, 0) is 51.2 Å². The average Bonchev–Trinajstić information content (AvgIpc) is 2.91. The van der Waals surface area contributed by atoms with E-state index in [0.717, 1.165) is 0 Å². The van der Waals surface area contributed by atoms with Crippen LogP contribution in [0.25, 0.3) is 5.69 Å². The summed E-state index contributed by atoms with van der Waals surface area (Å²) in [6, 6.07) is 6.84. The number of aromatic nitrogens is 4. The molecule has 0 aliphatic heterocycles. The fourth-order valence-electron chi connectivity index (χ4n) is 3.13. The molecule has 3 aromatic rings. The second kappa shape index (κ2) is 8.41. The number of rotatable bonds is 5. The van der Waals surface area contributed by atoms with Crippen molar-refractivity contribution in [3.8, 4) is 11.6 Å². The minimum atomic E-state index is -0.572. The number of benzene rings is 1. The molecule has 30 heavy (non-hydrogen) atoms. The number of hydrogen-bond donors (Lipinski definition) is 1. The molecule has 0 bridgehead atoms. The predicted molar refractivity (Wildman–Crippen MR) is 117 cm³/mol. The van der Waals surface area contributed by atoms with Crippen LogP contribution in [0.2, 0.25) is 5.02 Å². The molecule has 0 amide bonds. The van der Waals surface area contributed by atoms with Gasteiger partial charge in [0.15, 0.2) is 10.5 Å². The van der Waals surface area contributed by atoms with Crippen LogP contribution >= 0.6 is 23.8 Å². The fourth-order valence-corrected chi connectivity index (χ4v) is 3.75. The Morgan fingerprint density at radius 3 is 2.30 bits per heavy atom. The van der Waals surface area contributed by atoms with Crippen LogP contribution in [-0.2, 0) is 20.1 Å². The lowest BCUT2D eigenvalue weighted by molar-refractivity contribution is 0.402. The second-order valence-corrected chi connectivity index (χ2v) is 7.30. The van der Waals surface area contributed by atoms with Gasteiger partial charge >= 0.3 is 0 Å². The molecular weight excluding hydrogens is 428 g/mol. The highest BCUT2D eigenvalue weighted by molar-refractivity contribution is 7.71. The van der Waals surface area contributed by atoms with Gasteiger partial charge in [0.2, 0.25) is 11.6 Å². The third-order valence-corrected chi connectivity index (χ3v) is 5.51. The summed E-state index contributed by atoms with van der Waals surface area (Å²) in [5.74, 6) is -0.385. The Labute approximate surface area is 182 Å². The van der Waals surface area contributed by atoms with Crippen molar-refractivity contribution in [3.05, 3.63) is 60.5 Å². The molecule has 0 aliphatic rings. The van der Waals surface area contributed by atoms with Gasteiger partial charge in [0.1, 0.15) is 0 Å².